The summed E-state index contributed by atoms with van der Waals surface area (Å²) in [6, 6.07) is 0.437. The van der Waals surface area contributed by atoms with Gasteiger partial charge in [-0.3, -0.25) is 0 Å². The van der Waals surface area contributed by atoms with Gasteiger partial charge in [0.25, 0.3) is 0 Å². The number of hydrogen-bond donors (Lipinski definition) is 1. The number of nitrogens with zero attached hydrogens (tertiary/aromatic N) is 2. The van der Waals surface area contributed by atoms with Gasteiger partial charge in [0.1, 0.15) is 5.82 Å². The minimum Gasteiger partial charge on any atom is -0.397 e. The Balaban J connectivity index is 3.10. The second-order valence-electron chi connectivity index (χ2n) is 4.57. The molecule has 0 saturated carbocycles. The first kappa shape index (κ1) is 13.3. The molecule has 0 radical (unpaired) electrons. The van der Waals surface area contributed by atoms with Crippen molar-refractivity contribution in [2.75, 3.05) is 17.7 Å². The molecule has 90 valence electrons. The number of hydrogen-bond acceptors (Lipinski definition) is 3. The van der Waals surface area contributed by atoms with Gasteiger partial charge in [-0.25, -0.2) is 4.98 Å². The fourth-order valence-corrected chi connectivity index (χ4v) is 2.08. The van der Waals surface area contributed by atoms with E-state index in [0.717, 1.165) is 21.5 Å². The Morgan fingerprint density at radius 2 is 1.94 bits per heavy atom. The molecule has 0 fully saturated rings. The number of anilines is 2. The van der Waals surface area contributed by atoms with Crippen molar-refractivity contribution in [1.82, 2.24) is 4.98 Å². The summed E-state index contributed by atoms with van der Waals surface area (Å²) in [5, 5.41) is 0. The lowest BCUT2D eigenvalue weighted by atomic mass is 10.1. The standard InChI is InChI=1S/C12H20BrN3/c1-7(2)9(4)16(5)12-11(13)8(3)10(14)6-15-12/h6-7,9H,14H2,1-5H3. The third-order valence-corrected chi connectivity index (χ3v) is 4.14. The Morgan fingerprint density at radius 1 is 1.38 bits per heavy atom. The summed E-state index contributed by atoms with van der Waals surface area (Å²) in [6.45, 7) is 8.61. The molecule has 0 aliphatic rings. The molecule has 1 unspecified atom stereocenters. The molecule has 3 nitrogen and oxygen atoms in total. The van der Waals surface area contributed by atoms with Crippen LogP contribution < -0.4 is 10.6 Å². The summed E-state index contributed by atoms with van der Waals surface area (Å²) in [7, 11) is 2.06. The molecule has 2 N–H and O–H groups in total. The van der Waals surface area contributed by atoms with E-state index in [1.54, 1.807) is 6.20 Å². The molecule has 0 spiro atoms. The van der Waals surface area contributed by atoms with Gasteiger partial charge in [0.2, 0.25) is 0 Å². The maximum Gasteiger partial charge on any atom is 0.143 e. The first-order valence-corrected chi connectivity index (χ1v) is 6.29. The fourth-order valence-electron chi connectivity index (χ4n) is 1.46. The number of nitrogens with two attached hydrogens (primary N) is 1. The van der Waals surface area contributed by atoms with Crippen LogP contribution in [0.1, 0.15) is 26.3 Å². The molecule has 0 aliphatic heterocycles. The monoisotopic (exact) mass is 285 g/mol. The Kier molecular flexibility index (Phi) is 4.19. The van der Waals surface area contributed by atoms with Crippen molar-refractivity contribution < 1.29 is 0 Å². The van der Waals surface area contributed by atoms with E-state index in [2.05, 4.69) is 53.6 Å². The van der Waals surface area contributed by atoms with Crippen LogP contribution in [-0.4, -0.2) is 18.1 Å². The third-order valence-electron chi connectivity index (χ3n) is 3.19. The normalized spacial score (nSPS) is 12.9. The van der Waals surface area contributed by atoms with E-state index >= 15 is 0 Å². The molecule has 1 heterocycles. The zero-order valence-corrected chi connectivity index (χ0v) is 12.2. The van der Waals surface area contributed by atoms with E-state index < -0.39 is 0 Å². The molecule has 4 heteroatoms. The van der Waals surface area contributed by atoms with Crippen LogP contribution in [0.3, 0.4) is 0 Å². The highest BCUT2D eigenvalue weighted by molar-refractivity contribution is 9.10. The highest BCUT2D eigenvalue weighted by Crippen LogP contribution is 2.31. The van der Waals surface area contributed by atoms with Crippen LogP contribution in [0, 0.1) is 12.8 Å². The zero-order valence-electron chi connectivity index (χ0n) is 10.6. The molecule has 0 amide bonds. The van der Waals surface area contributed by atoms with Gasteiger partial charge < -0.3 is 10.6 Å². The van der Waals surface area contributed by atoms with Crippen molar-refractivity contribution in [3.8, 4) is 0 Å². The second-order valence-corrected chi connectivity index (χ2v) is 5.36. The minimum absolute atomic E-state index is 0.437. The molecular formula is C12H20BrN3. The smallest absolute Gasteiger partial charge is 0.143 e. The average Bonchev–Trinajstić information content (AvgIpc) is 2.24. The van der Waals surface area contributed by atoms with E-state index in [-0.39, 0.29) is 0 Å². The summed E-state index contributed by atoms with van der Waals surface area (Å²) in [5.41, 5.74) is 7.59. The highest BCUT2D eigenvalue weighted by atomic mass is 79.9. The highest BCUT2D eigenvalue weighted by Gasteiger charge is 2.18. The summed E-state index contributed by atoms with van der Waals surface area (Å²) >= 11 is 3.56. The van der Waals surface area contributed by atoms with Crippen LogP contribution in [0.4, 0.5) is 11.5 Å². The van der Waals surface area contributed by atoms with Crippen molar-refractivity contribution in [1.29, 1.82) is 0 Å². The summed E-state index contributed by atoms with van der Waals surface area (Å²) in [5.74, 6) is 1.53. The average molecular weight is 286 g/mol. The van der Waals surface area contributed by atoms with Crippen LogP contribution in [0.15, 0.2) is 10.7 Å². The Bertz CT molecular complexity index is 377. The summed E-state index contributed by atoms with van der Waals surface area (Å²) < 4.78 is 0.988. The van der Waals surface area contributed by atoms with Crippen LogP contribution in [-0.2, 0) is 0 Å². The van der Waals surface area contributed by atoms with Gasteiger partial charge in [-0.15, -0.1) is 0 Å². The van der Waals surface area contributed by atoms with Crippen molar-refractivity contribution in [2.24, 2.45) is 5.92 Å². The van der Waals surface area contributed by atoms with Crippen molar-refractivity contribution in [3.63, 3.8) is 0 Å². The SMILES string of the molecule is Cc1c(N)cnc(N(C)C(C)C(C)C)c1Br. The van der Waals surface area contributed by atoms with Crippen LogP contribution in [0.25, 0.3) is 0 Å². The largest absolute Gasteiger partial charge is 0.397 e. The number of rotatable bonds is 3. The quantitative estimate of drug-likeness (QED) is 0.927. The molecule has 0 bridgehead atoms. The molecule has 1 atom stereocenters. The molecule has 16 heavy (non-hydrogen) atoms. The fraction of sp³-hybridized carbons (Fsp3) is 0.583. The van der Waals surface area contributed by atoms with E-state index in [9.17, 15) is 0 Å². The summed E-state index contributed by atoms with van der Waals surface area (Å²) in [6.07, 6.45) is 1.72. The molecule has 1 aromatic rings. The molecule has 0 aromatic carbocycles. The third kappa shape index (κ3) is 2.48. The van der Waals surface area contributed by atoms with Crippen molar-refractivity contribution in [3.05, 3.63) is 16.2 Å². The summed E-state index contributed by atoms with van der Waals surface area (Å²) in [4.78, 5) is 6.58. The van der Waals surface area contributed by atoms with Gasteiger partial charge in [0.15, 0.2) is 0 Å². The lowest BCUT2D eigenvalue weighted by Crippen LogP contribution is -2.34. The van der Waals surface area contributed by atoms with Gasteiger partial charge in [-0.2, -0.15) is 0 Å². The topological polar surface area (TPSA) is 42.1 Å². The molecule has 1 aromatic heterocycles. The van der Waals surface area contributed by atoms with E-state index in [0.29, 0.717) is 12.0 Å². The van der Waals surface area contributed by atoms with Crippen LogP contribution in [0.5, 0.6) is 0 Å². The van der Waals surface area contributed by atoms with E-state index in [1.807, 2.05) is 6.92 Å². The number of pyridine rings is 1. The Labute approximate surface area is 106 Å². The van der Waals surface area contributed by atoms with Gasteiger partial charge in [-0.05, 0) is 41.3 Å². The number of halogens is 1. The maximum absolute atomic E-state index is 5.81. The van der Waals surface area contributed by atoms with Crippen LogP contribution in [0.2, 0.25) is 0 Å². The van der Waals surface area contributed by atoms with E-state index in [1.165, 1.54) is 0 Å². The van der Waals surface area contributed by atoms with E-state index in [4.69, 9.17) is 5.73 Å². The molecule has 0 saturated heterocycles. The van der Waals surface area contributed by atoms with Gasteiger partial charge in [0.05, 0.1) is 16.4 Å². The first-order valence-electron chi connectivity index (χ1n) is 5.49. The number of nitrogen functional groups attached to an aromatic ring is 1. The molecule has 0 aliphatic carbocycles. The van der Waals surface area contributed by atoms with Crippen LogP contribution >= 0.6 is 15.9 Å². The maximum atomic E-state index is 5.81. The van der Waals surface area contributed by atoms with Gasteiger partial charge in [0, 0.05) is 13.1 Å². The van der Waals surface area contributed by atoms with Crippen molar-refractivity contribution >= 4 is 27.4 Å². The zero-order chi connectivity index (χ0) is 12.5. The molecular weight excluding hydrogens is 266 g/mol. The predicted molar refractivity (Wildman–Crippen MR) is 73.8 cm³/mol. The lowest BCUT2D eigenvalue weighted by molar-refractivity contribution is 0.502. The Hall–Kier alpha value is -0.770. The van der Waals surface area contributed by atoms with Crippen molar-refractivity contribution in [2.45, 2.75) is 33.7 Å². The predicted octanol–water partition coefficient (Wildman–Crippen LogP) is 3.22. The first-order chi connectivity index (χ1) is 7.36. The Morgan fingerprint density at radius 3 is 2.44 bits per heavy atom. The minimum atomic E-state index is 0.437. The van der Waals surface area contributed by atoms with Gasteiger partial charge in [-0.1, -0.05) is 13.8 Å². The van der Waals surface area contributed by atoms with Gasteiger partial charge >= 0.3 is 0 Å². The number of aromatic nitrogens is 1. The second kappa shape index (κ2) is 5.04. The lowest BCUT2D eigenvalue weighted by Gasteiger charge is -2.30. The molecule has 1 rings (SSSR count).